The van der Waals surface area contributed by atoms with E-state index >= 15 is 0 Å². The van der Waals surface area contributed by atoms with Crippen molar-refractivity contribution < 1.29 is 32.3 Å². The van der Waals surface area contributed by atoms with Gasteiger partial charge >= 0.3 is 12.1 Å². The molecule has 0 bridgehead atoms. The van der Waals surface area contributed by atoms with Crippen LogP contribution in [-0.2, 0) is 19.2 Å². The molecule has 3 N–H and O–H groups in total. The van der Waals surface area contributed by atoms with Gasteiger partial charge < -0.3 is 20.9 Å². The zero-order valence-corrected chi connectivity index (χ0v) is 18.7. The van der Waals surface area contributed by atoms with Gasteiger partial charge in [-0.25, -0.2) is 0 Å². The molecule has 5 unspecified atom stereocenters. The summed E-state index contributed by atoms with van der Waals surface area (Å²) in [6.07, 6.45) is -3.77. The van der Waals surface area contributed by atoms with Crippen molar-refractivity contribution in [1.82, 2.24) is 20.9 Å². The SMILES string of the molecule is CC(C)(C)C(NC(=O)C(F)(F)F)C(=O)N1CC2CC2C1C(=O)NC(C#N)C[C@@H]1CCNC1=O. The van der Waals surface area contributed by atoms with Crippen LogP contribution in [0.15, 0.2) is 0 Å². The second-order valence-electron chi connectivity index (χ2n) is 10.1. The molecule has 1 aliphatic carbocycles. The molecule has 2 aliphatic heterocycles. The number of nitrogens with one attached hydrogen (secondary N) is 3. The molecule has 12 heteroatoms. The lowest BCUT2D eigenvalue weighted by molar-refractivity contribution is -0.176. The smallest absolute Gasteiger partial charge is 0.356 e. The van der Waals surface area contributed by atoms with Crippen LogP contribution in [0.2, 0.25) is 0 Å². The number of fused-ring (bicyclic) bond motifs is 1. The quantitative estimate of drug-likeness (QED) is 0.518. The minimum atomic E-state index is -5.15. The van der Waals surface area contributed by atoms with E-state index in [1.54, 1.807) is 5.32 Å². The molecule has 2 heterocycles. The topological polar surface area (TPSA) is 131 Å². The molecule has 9 nitrogen and oxygen atoms in total. The van der Waals surface area contributed by atoms with Crippen molar-refractivity contribution in [3.05, 3.63) is 0 Å². The minimum Gasteiger partial charge on any atom is -0.356 e. The number of halogens is 3. The van der Waals surface area contributed by atoms with Crippen molar-refractivity contribution in [2.24, 2.45) is 23.2 Å². The highest BCUT2D eigenvalue weighted by Gasteiger charge is 2.58. The van der Waals surface area contributed by atoms with E-state index in [0.717, 1.165) is 0 Å². The van der Waals surface area contributed by atoms with Crippen LogP contribution in [0.4, 0.5) is 13.2 Å². The van der Waals surface area contributed by atoms with E-state index in [-0.39, 0.29) is 30.7 Å². The number of rotatable bonds is 6. The Labute approximate surface area is 189 Å². The third kappa shape index (κ3) is 5.39. The van der Waals surface area contributed by atoms with E-state index in [1.165, 1.54) is 25.7 Å². The molecular weight excluding hydrogens is 443 g/mol. The number of hydrogen-bond donors (Lipinski definition) is 3. The third-order valence-corrected chi connectivity index (χ3v) is 6.50. The van der Waals surface area contributed by atoms with Crippen LogP contribution in [0.5, 0.6) is 0 Å². The summed E-state index contributed by atoms with van der Waals surface area (Å²) < 4.78 is 38.5. The number of piperidine rings is 1. The Morgan fingerprint density at radius 2 is 1.91 bits per heavy atom. The molecule has 2 saturated heterocycles. The van der Waals surface area contributed by atoms with Crippen molar-refractivity contribution in [3.8, 4) is 6.07 Å². The fourth-order valence-electron chi connectivity index (χ4n) is 4.61. The lowest BCUT2D eigenvalue weighted by atomic mass is 9.85. The van der Waals surface area contributed by atoms with Gasteiger partial charge in [0.1, 0.15) is 18.1 Å². The zero-order valence-electron chi connectivity index (χ0n) is 18.7. The van der Waals surface area contributed by atoms with Crippen LogP contribution < -0.4 is 16.0 Å². The van der Waals surface area contributed by atoms with Crippen LogP contribution in [-0.4, -0.2) is 65.9 Å². The zero-order chi connectivity index (χ0) is 24.7. The maximum absolute atomic E-state index is 13.3. The molecule has 0 aromatic rings. The molecule has 0 spiro atoms. The maximum Gasteiger partial charge on any atom is 0.471 e. The van der Waals surface area contributed by atoms with E-state index in [1.807, 2.05) is 6.07 Å². The van der Waals surface area contributed by atoms with Crippen molar-refractivity contribution in [2.45, 2.75) is 64.3 Å². The monoisotopic (exact) mass is 471 g/mol. The number of amides is 4. The second-order valence-corrected chi connectivity index (χ2v) is 10.1. The van der Waals surface area contributed by atoms with Gasteiger partial charge in [-0.2, -0.15) is 18.4 Å². The molecule has 0 aromatic carbocycles. The predicted octanol–water partition coefficient (Wildman–Crippen LogP) is 0.461. The lowest BCUT2D eigenvalue weighted by Gasteiger charge is -2.36. The van der Waals surface area contributed by atoms with E-state index < -0.39 is 53.4 Å². The van der Waals surface area contributed by atoms with Crippen molar-refractivity contribution in [2.75, 3.05) is 13.1 Å². The molecule has 33 heavy (non-hydrogen) atoms. The van der Waals surface area contributed by atoms with Crippen LogP contribution >= 0.6 is 0 Å². The summed E-state index contributed by atoms with van der Waals surface area (Å²) in [5, 5.41) is 16.5. The van der Waals surface area contributed by atoms with E-state index in [2.05, 4.69) is 10.6 Å². The fraction of sp³-hybridized carbons (Fsp3) is 0.762. The molecule has 3 aliphatic rings. The summed E-state index contributed by atoms with van der Waals surface area (Å²) in [7, 11) is 0. The summed E-state index contributed by atoms with van der Waals surface area (Å²) in [5.74, 6) is -4.25. The number of carbonyl (C=O) groups is 4. The highest BCUT2D eigenvalue weighted by Crippen LogP contribution is 2.50. The highest BCUT2D eigenvalue weighted by molar-refractivity contribution is 5.94. The number of likely N-dealkylation sites (tertiary alicyclic amines) is 1. The number of hydrogen-bond acceptors (Lipinski definition) is 5. The molecule has 6 atom stereocenters. The van der Waals surface area contributed by atoms with Crippen LogP contribution in [0.3, 0.4) is 0 Å². The molecule has 0 aromatic heterocycles. The molecule has 3 fully saturated rings. The predicted molar refractivity (Wildman–Crippen MR) is 108 cm³/mol. The van der Waals surface area contributed by atoms with Gasteiger partial charge in [0.05, 0.1) is 6.07 Å². The number of nitriles is 1. The van der Waals surface area contributed by atoms with Crippen LogP contribution in [0.25, 0.3) is 0 Å². The molecule has 0 radical (unpaired) electrons. The second kappa shape index (κ2) is 8.83. The first-order chi connectivity index (χ1) is 15.2. The van der Waals surface area contributed by atoms with Crippen molar-refractivity contribution in [3.63, 3.8) is 0 Å². The average Bonchev–Trinajstić information content (AvgIpc) is 3.17. The van der Waals surface area contributed by atoms with Gasteiger partial charge in [0.25, 0.3) is 0 Å². The molecular formula is C21H28F3N5O4. The van der Waals surface area contributed by atoms with E-state index in [0.29, 0.717) is 19.4 Å². The number of carbonyl (C=O) groups excluding carboxylic acids is 4. The number of nitrogens with zero attached hydrogens (tertiary/aromatic N) is 2. The minimum absolute atomic E-state index is 0.0461. The fourth-order valence-corrected chi connectivity index (χ4v) is 4.61. The average molecular weight is 471 g/mol. The van der Waals surface area contributed by atoms with Gasteiger partial charge in [0, 0.05) is 19.0 Å². The maximum atomic E-state index is 13.3. The normalized spacial score (nSPS) is 28.3. The van der Waals surface area contributed by atoms with Gasteiger partial charge in [0.2, 0.25) is 17.7 Å². The Kier molecular flexibility index (Phi) is 6.64. The summed E-state index contributed by atoms with van der Waals surface area (Å²) in [6.45, 7) is 5.27. The molecule has 1 saturated carbocycles. The summed E-state index contributed by atoms with van der Waals surface area (Å²) in [5.41, 5.74) is -1.04. The van der Waals surface area contributed by atoms with E-state index in [4.69, 9.17) is 0 Å². The number of alkyl halides is 3. The van der Waals surface area contributed by atoms with Gasteiger partial charge in [-0.15, -0.1) is 0 Å². The molecule has 3 rings (SSSR count). The highest BCUT2D eigenvalue weighted by atomic mass is 19.4. The largest absolute Gasteiger partial charge is 0.471 e. The molecule has 182 valence electrons. The Bertz CT molecular complexity index is 879. The van der Waals surface area contributed by atoms with Crippen molar-refractivity contribution >= 4 is 23.6 Å². The van der Waals surface area contributed by atoms with Crippen LogP contribution in [0, 0.1) is 34.5 Å². The first-order valence-corrected chi connectivity index (χ1v) is 10.9. The first kappa shape index (κ1) is 24.8. The summed E-state index contributed by atoms with van der Waals surface area (Å²) in [4.78, 5) is 50.9. The van der Waals surface area contributed by atoms with Gasteiger partial charge in [-0.1, -0.05) is 20.8 Å². The van der Waals surface area contributed by atoms with E-state index in [9.17, 15) is 37.6 Å². The summed E-state index contributed by atoms with van der Waals surface area (Å²) >= 11 is 0. The standard InChI is InChI=1S/C21H28F3N5O4/c1-20(2,3)15(28-19(33)21(22,23)24)18(32)29-9-11-7-13(11)14(29)17(31)27-12(8-25)6-10-4-5-26-16(10)30/h10-15H,4-7,9H2,1-3H3,(H,26,30)(H,27,31)(H,28,33)/t10-,11?,12?,13?,14?,15?/m0/s1. The Morgan fingerprint density at radius 3 is 2.42 bits per heavy atom. The van der Waals surface area contributed by atoms with Gasteiger partial charge in [0.15, 0.2) is 0 Å². The Balaban J connectivity index is 1.73. The van der Waals surface area contributed by atoms with Crippen LogP contribution in [0.1, 0.15) is 40.0 Å². The Hall–Kier alpha value is -2.84. The third-order valence-electron chi connectivity index (χ3n) is 6.50. The summed E-state index contributed by atoms with van der Waals surface area (Å²) in [6, 6.07) is -1.41. The first-order valence-electron chi connectivity index (χ1n) is 10.9. The van der Waals surface area contributed by atoms with Gasteiger partial charge in [-0.3, -0.25) is 19.2 Å². The lowest BCUT2D eigenvalue weighted by Crippen LogP contribution is -2.60. The van der Waals surface area contributed by atoms with Crippen molar-refractivity contribution in [1.29, 1.82) is 5.26 Å². The molecule has 4 amide bonds. The van der Waals surface area contributed by atoms with Gasteiger partial charge in [-0.05, 0) is 36.5 Å². The Morgan fingerprint density at radius 1 is 1.24 bits per heavy atom.